The number of halogens is 5. The SMILES string of the molecule is CCC=COc1ccc(C(=O)OC(C(F)(F)F)C(F)(F)S(=O)(=O)O)cc1.C[N+](C)(C)Cc1ccccc1. The van der Waals surface area contributed by atoms with Crippen molar-refractivity contribution in [2.75, 3.05) is 21.1 Å². The van der Waals surface area contributed by atoms with Crippen molar-refractivity contribution in [3.63, 3.8) is 0 Å². The van der Waals surface area contributed by atoms with E-state index in [1.54, 1.807) is 6.08 Å². The number of hydrogen-bond donors (Lipinski definition) is 1. The maximum absolute atomic E-state index is 13.3. The van der Waals surface area contributed by atoms with E-state index in [0.29, 0.717) is 6.42 Å². The van der Waals surface area contributed by atoms with Gasteiger partial charge in [0.2, 0.25) is 0 Å². The number of allylic oxidation sites excluding steroid dienone is 1. The molecule has 0 aliphatic carbocycles. The molecule has 0 spiro atoms. The topological polar surface area (TPSA) is 89.9 Å². The number of alkyl halides is 5. The van der Waals surface area contributed by atoms with Crippen LogP contribution in [-0.4, -0.2) is 62.1 Å². The Balaban J connectivity index is 0.000000516. The number of carbonyl (C=O) groups is 1. The molecule has 0 saturated carbocycles. The van der Waals surface area contributed by atoms with Crippen molar-refractivity contribution in [2.24, 2.45) is 0 Å². The number of quaternary nitrogens is 1. The van der Waals surface area contributed by atoms with Gasteiger partial charge in [0.1, 0.15) is 12.3 Å². The van der Waals surface area contributed by atoms with Gasteiger partial charge in [0.15, 0.2) is 0 Å². The summed E-state index contributed by atoms with van der Waals surface area (Å²) in [5.41, 5.74) is 0.831. The summed E-state index contributed by atoms with van der Waals surface area (Å²) in [6, 6.07) is 14.7. The van der Waals surface area contributed by atoms with Crippen LogP contribution in [0.1, 0.15) is 29.3 Å². The first-order valence-corrected chi connectivity index (χ1v) is 12.2. The molecule has 1 N–H and O–H groups in total. The smallest absolute Gasteiger partial charge is 0.432 e. The molecule has 0 bridgehead atoms. The van der Waals surface area contributed by atoms with E-state index in [4.69, 9.17) is 9.29 Å². The van der Waals surface area contributed by atoms with E-state index in [1.807, 2.05) is 6.92 Å². The van der Waals surface area contributed by atoms with Crippen LogP contribution in [0.2, 0.25) is 0 Å². The third-order valence-electron chi connectivity index (χ3n) is 4.30. The van der Waals surface area contributed by atoms with E-state index >= 15 is 0 Å². The molecule has 2 aromatic rings. The minimum Gasteiger partial charge on any atom is -0.465 e. The summed E-state index contributed by atoms with van der Waals surface area (Å²) in [7, 11) is 0.114. The summed E-state index contributed by atoms with van der Waals surface area (Å²) < 4.78 is 104. The fourth-order valence-electron chi connectivity index (χ4n) is 2.66. The number of nitrogens with zero attached hydrogens (tertiary/aromatic N) is 1. The van der Waals surface area contributed by atoms with Crippen LogP contribution in [0.5, 0.6) is 5.75 Å². The lowest BCUT2D eigenvalue weighted by atomic mass is 10.2. The number of hydrogen-bond acceptors (Lipinski definition) is 5. The highest BCUT2D eigenvalue weighted by Gasteiger charge is 2.66. The van der Waals surface area contributed by atoms with E-state index < -0.39 is 39.2 Å². The molecule has 206 valence electrons. The van der Waals surface area contributed by atoms with E-state index in [9.17, 15) is 35.2 Å². The van der Waals surface area contributed by atoms with E-state index in [0.717, 1.165) is 35.3 Å². The van der Waals surface area contributed by atoms with Gasteiger partial charge in [-0.15, -0.1) is 0 Å². The Hall–Kier alpha value is -3.03. The Morgan fingerprint density at radius 1 is 1.00 bits per heavy atom. The number of carbonyl (C=O) groups excluding carboxylic acids is 1. The molecule has 7 nitrogen and oxygen atoms in total. The maximum atomic E-state index is 13.3. The minimum absolute atomic E-state index is 0.196. The first-order valence-electron chi connectivity index (χ1n) is 10.8. The van der Waals surface area contributed by atoms with Crippen LogP contribution in [-0.2, 0) is 21.4 Å². The van der Waals surface area contributed by atoms with Crippen molar-refractivity contribution >= 4 is 16.1 Å². The number of benzene rings is 2. The van der Waals surface area contributed by atoms with Gasteiger partial charge in [-0.25, -0.2) is 4.79 Å². The molecule has 2 aromatic carbocycles. The summed E-state index contributed by atoms with van der Waals surface area (Å²) in [4.78, 5) is 11.7. The van der Waals surface area contributed by atoms with Gasteiger partial charge in [0.05, 0.1) is 33.0 Å². The third kappa shape index (κ3) is 10.9. The first kappa shape index (κ1) is 32.0. The predicted octanol–water partition coefficient (Wildman–Crippen LogP) is 5.45. The lowest BCUT2D eigenvalue weighted by molar-refractivity contribution is -0.884. The zero-order valence-corrected chi connectivity index (χ0v) is 21.4. The second kappa shape index (κ2) is 13.0. The van der Waals surface area contributed by atoms with Gasteiger partial charge in [-0.3, -0.25) is 4.55 Å². The van der Waals surface area contributed by atoms with E-state index in [-0.39, 0.29) is 5.75 Å². The van der Waals surface area contributed by atoms with Crippen molar-refractivity contribution in [3.8, 4) is 5.75 Å². The van der Waals surface area contributed by atoms with Gasteiger partial charge in [-0.05, 0) is 36.8 Å². The summed E-state index contributed by atoms with van der Waals surface area (Å²) >= 11 is 0. The molecule has 0 fully saturated rings. The average Bonchev–Trinajstić information content (AvgIpc) is 2.76. The molecule has 1 unspecified atom stereocenters. The lowest BCUT2D eigenvalue weighted by Gasteiger charge is -2.26. The first-order chi connectivity index (χ1) is 16.9. The van der Waals surface area contributed by atoms with Gasteiger partial charge >= 0.3 is 27.5 Å². The molecule has 0 radical (unpaired) electrons. The molecular formula is C24H29F5NO6S+. The molecule has 0 aromatic heterocycles. The van der Waals surface area contributed by atoms with Crippen molar-refractivity contribution in [2.45, 2.75) is 37.4 Å². The van der Waals surface area contributed by atoms with Gasteiger partial charge in [0.25, 0.3) is 6.10 Å². The monoisotopic (exact) mass is 554 g/mol. The highest BCUT2D eigenvalue weighted by atomic mass is 32.2. The van der Waals surface area contributed by atoms with Crippen LogP contribution in [0.4, 0.5) is 22.0 Å². The fraction of sp³-hybridized carbons (Fsp3) is 0.375. The molecule has 0 saturated heterocycles. The summed E-state index contributed by atoms with van der Waals surface area (Å²) in [5.74, 6) is -1.67. The van der Waals surface area contributed by atoms with E-state index in [2.05, 4.69) is 56.2 Å². The average molecular weight is 555 g/mol. The quantitative estimate of drug-likeness (QED) is 0.146. The van der Waals surface area contributed by atoms with Crippen LogP contribution in [0.15, 0.2) is 66.9 Å². The third-order valence-corrected chi connectivity index (χ3v) is 5.20. The maximum Gasteiger partial charge on any atom is 0.432 e. The standard InChI is InChI=1S/C14H13F5O6S.C10H16N/c1-2-3-8-24-10-6-4-9(5-7-10)11(20)25-12(13(15,16)17)14(18,19)26(21,22)23;1-11(2,3)9-10-7-5-4-6-8-10/h3-8,12H,2H2,1H3,(H,21,22,23);4-8H,9H2,1-3H3/q;+1. The Kier molecular flexibility index (Phi) is 11.2. The lowest BCUT2D eigenvalue weighted by Crippen LogP contribution is -2.52. The molecule has 0 heterocycles. The van der Waals surface area contributed by atoms with Gasteiger partial charge in [0, 0.05) is 5.56 Å². The van der Waals surface area contributed by atoms with Crippen molar-refractivity contribution in [3.05, 3.63) is 78.1 Å². The summed E-state index contributed by atoms with van der Waals surface area (Å²) in [6.07, 6.45) is -6.71. The normalized spacial score (nSPS) is 13.5. The Labute approximate surface area is 212 Å². The minimum atomic E-state index is -6.49. The Morgan fingerprint density at radius 2 is 1.54 bits per heavy atom. The zero-order chi connectivity index (χ0) is 28.5. The largest absolute Gasteiger partial charge is 0.465 e. The highest BCUT2D eigenvalue weighted by Crippen LogP contribution is 2.38. The van der Waals surface area contributed by atoms with Gasteiger partial charge in [-0.2, -0.15) is 30.4 Å². The van der Waals surface area contributed by atoms with Crippen LogP contribution in [0.3, 0.4) is 0 Å². The number of esters is 1. The molecule has 13 heteroatoms. The van der Waals surface area contributed by atoms with Crippen molar-refractivity contribution in [1.29, 1.82) is 0 Å². The molecular weight excluding hydrogens is 525 g/mol. The van der Waals surface area contributed by atoms with Crippen molar-refractivity contribution < 1.29 is 53.7 Å². The molecule has 1 atom stereocenters. The number of rotatable bonds is 9. The van der Waals surface area contributed by atoms with Gasteiger partial charge < -0.3 is 14.0 Å². The van der Waals surface area contributed by atoms with Crippen LogP contribution >= 0.6 is 0 Å². The Morgan fingerprint density at radius 3 is 1.97 bits per heavy atom. The van der Waals surface area contributed by atoms with Crippen LogP contribution in [0, 0.1) is 0 Å². The zero-order valence-electron chi connectivity index (χ0n) is 20.6. The van der Waals surface area contributed by atoms with Crippen molar-refractivity contribution in [1.82, 2.24) is 0 Å². The highest BCUT2D eigenvalue weighted by molar-refractivity contribution is 7.86. The predicted molar refractivity (Wildman–Crippen MR) is 126 cm³/mol. The Bertz CT molecular complexity index is 1130. The summed E-state index contributed by atoms with van der Waals surface area (Å²) in [6.45, 7) is 2.93. The van der Waals surface area contributed by atoms with Crippen LogP contribution in [0.25, 0.3) is 0 Å². The molecule has 0 aliphatic heterocycles. The molecule has 2 rings (SSSR count). The van der Waals surface area contributed by atoms with Crippen LogP contribution < -0.4 is 4.74 Å². The van der Waals surface area contributed by atoms with E-state index in [1.165, 1.54) is 11.8 Å². The van der Waals surface area contributed by atoms with Gasteiger partial charge in [-0.1, -0.05) is 37.3 Å². The molecule has 0 amide bonds. The number of ether oxygens (including phenoxy) is 2. The molecule has 0 aliphatic rings. The second-order valence-electron chi connectivity index (χ2n) is 8.72. The summed E-state index contributed by atoms with van der Waals surface area (Å²) in [5, 5.41) is -5.78. The molecule has 37 heavy (non-hydrogen) atoms. The fourth-order valence-corrected chi connectivity index (χ4v) is 3.11. The second-order valence-corrected chi connectivity index (χ2v) is 10.2.